The highest BCUT2D eigenvalue weighted by atomic mass is 32.2. The van der Waals surface area contributed by atoms with E-state index in [1.54, 1.807) is 26.0 Å². The highest BCUT2D eigenvalue weighted by Crippen LogP contribution is 2.22. The first-order valence-corrected chi connectivity index (χ1v) is 7.91. The molecule has 21 heavy (non-hydrogen) atoms. The lowest BCUT2D eigenvalue weighted by molar-refractivity contribution is 0.600. The van der Waals surface area contributed by atoms with Crippen LogP contribution in [0.25, 0.3) is 0 Å². The van der Waals surface area contributed by atoms with Gasteiger partial charge in [-0.3, -0.25) is 4.72 Å². The Balaban J connectivity index is 2.41. The molecule has 2 aromatic carbocycles. The Morgan fingerprint density at radius 1 is 1.19 bits per heavy atom. The van der Waals surface area contributed by atoms with Gasteiger partial charge >= 0.3 is 0 Å². The number of benzene rings is 2. The number of nitrogens with two attached hydrogens (primary N) is 1. The summed E-state index contributed by atoms with van der Waals surface area (Å²) < 4.78 is 40.6. The zero-order chi connectivity index (χ0) is 15.6. The predicted octanol–water partition coefficient (Wildman–Crippen LogP) is 2.70. The van der Waals surface area contributed by atoms with Crippen LogP contribution in [0.4, 0.5) is 10.1 Å². The molecule has 6 heteroatoms. The van der Waals surface area contributed by atoms with E-state index in [4.69, 9.17) is 5.73 Å². The van der Waals surface area contributed by atoms with E-state index in [-0.39, 0.29) is 17.3 Å². The number of hydrogen-bond acceptors (Lipinski definition) is 3. The molecule has 0 atom stereocenters. The second kappa shape index (κ2) is 5.83. The van der Waals surface area contributed by atoms with Crippen LogP contribution < -0.4 is 10.5 Å². The van der Waals surface area contributed by atoms with Crippen molar-refractivity contribution in [3.05, 3.63) is 58.9 Å². The third kappa shape index (κ3) is 3.22. The molecule has 0 amide bonds. The van der Waals surface area contributed by atoms with Crippen molar-refractivity contribution in [3.8, 4) is 0 Å². The van der Waals surface area contributed by atoms with E-state index in [2.05, 4.69) is 4.72 Å². The molecular weight excluding hydrogens is 291 g/mol. The maximum absolute atomic E-state index is 13.2. The molecule has 112 valence electrons. The summed E-state index contributed by atoms with van der Waals surface area (Å²) in [6.07, 6.45) is 0. The summed E-state index contributed by atoms with van der Waals surface area (Å²) in [4.78, 5) is 0.174. The van der Waals surface area contributed by atoms with E-state index in [0.29, 0.717) is 16.8 Å². The summed E-state index contributed by atoms with van der Waals surface area (Å²) in [5.74, 6) is -0.376. The molecule has 0 saturated heterocycles. The van der Waals surface area contributed by atoms with Crippen LogP contribution in [0.5, 0.6) is 0 Å². The fourth-order valence-electron chi connectivity index (χ4n) is 2.09. The van der Waals surface area contributed by atoms with Gasteiger partial charge in [-0.1, -0.05) is 12.1 Å². The van der Waals surface area contributed by atoms with Gasteiger partial charge in [-0.05, 0) is 54.8 Å². The maximum Gasteiger partial charge on any atom is 0.262 e. The van der Waals surface area contributed by atoms with Gasteiger partial charge in [0.15, 0.2) is 0 Å². The molecular formula is C15H17FN2O2S. The van der Waals surface area contributed by atoms with Gasteiger partial charge in [0, 0.05) is 12.2 Å². The van der Waals surface area contributed by atoms with E-state index in [1.807, 2.05) is 0 Å². The van der Waals surface area contributed by atoms with Crippen LogP contribution in [0.2, 0.25) is 0 Å². The molecule has 0 radical (unpaired) electrons. The number of hydrogen-bond donors (Lipinski definition) is 2. The topological polar surface area (TPSA) is 72.2 Å². The molecule has 0 heterocycles. The largest absolute Gasteiger partial charge is 0.326 e. The number of halogens is 1. The minimum absolute atomic E-state index is 0.174. The summed E-state index contributed by atoms with van der Waals surface area (Å²) in [6, 6.07) is 9.04. The highest BCUT2D eigenvalue weighted by Gasteiger charge is 2.18. The SMILES string of the molecule is Cc1cc(NS(=O)(=O)c2cccc(CN)c2C)ccc1F. The van der Waals surface area contributed by atoms with Crippen molar-refractivity contribution in [3.63, 3.8) is 0 Å². The maximum atomic E-state index is 13.2. The number of aryl methyl sites for hydroxylation is 1. The normalized spacial score (nSPS) is 11.4. The Labute approximate surface area is 123 Å². The Kier molecular flexibility index (Phi) is 4.29. The quantitative estimate of drug-likeness (QED) is 0.912. The van der Waals surface area contributed by atoms with E-state index < -0.39 is 10.0 Å². The first-order chi connectivity index (χ1) is 9.85. The van der Waals surface area contributed by atoms with Crippen LogP contribution in [0.3, 0.4) is 0 Å². The van der Waals surface area contributed by atoms with Gasteiger partial charge in [-0.25, -0.2) is 12.8 Å². The Morgan fingerprint density at radius 2 is 1.90 bits per heavy atom. The Bertz CT molecular complexity index is 773. The molecule has 0 aliphatic carbocycles. The van der Waals surface area contributed by atoms with Crippen LogP contribution in [-0.4, -0.2) is 8.42 Å². The highest BCUT2D eigenvalue weighted by molar-refractivity contribution is 7.92. The molecule has 0 saturated carbocycles. The van der Waals surface area contributed by atoms with Crippen molar-refractivity contribution in [2.24, 2.45) is 5.73 Å². The molecule has 0 aliphatic heterocycles. The fraction of sp³-hybridized carbons (Fsp3) is 0.200. The third-order valence-corrected chi connectivity index (χ3v) is 4.84. The lowest BCUT2D eigenvalue weighted by atomic mass is 10.1. The van der Waals surface area contributed by atoms with Crippen molar-refractivity contribution in [2.45, 2.75) is 25.3 Å². The van der Waals surface area contributed by atoms with Crippen LogP contribution in [0.15, 0.2) is 41.3 Å². The summed E-state index contributed by atoms with van der Waals surface area (Å²) in [6.45, 7) is 3.56. The van der Waals surface area contributed by atoms with E-state index >= 15 is 0 Å². The molecule has 4 nitrogen and oxygen atoms in total. The standard InChI is InChI=1S/C15H17FN2O2S/c1-10-8-13(6-7-14(10)16)18-21(19,20)15-5-3-4-12(9-17)11(15)2/h3-8,18H,9,17H2,1-2H3. The lowest BCUT2D eigenvalue weighted by Gasteiger charge is -2.13. The first kappa shape index (κ1) is 15.5. The number of anilines is 1. The second-order valence-electron chi connectivity index (χ2n) is 4.81. The average Bonchev–Trinajstić information content (AvgIpc) is 2.42. The van der Waals surface area contributed by atoms with E-state index in [9.17, 15) is 12.8 Å². The molecule has 0 spiro atoms. The first-order valence-electron chi connectivity index (χ1n) is 6.42. The zero-order valence-electron chi connectivity index (χ0n) is 11.9. The molecule has 0 aliphatic rings. The number of sulfonamides is 1. The van der Waals surface area contributed by atoms with Crippen LogP contribution in [0, 0.1) is 19.7 Å². The predicted molar refractivity (Wildman–Crippen MR) is 81.0 cm³/mol. The molecule has 2 rings (SSSR count). The van der Waals surface area contributed by atoms with Gasteiger partial charge in [-0.2, -0.15) is 0 Å². The molecule has 0 fully saturated rings. The van der Waals surface area contributed by atoms with E-state index in [1.165, 1.54) is 24.3 Å². The van der Waals surface area contributed by atoms with Gasteiger partial charge in [0.05, 0.1) is 4.90 Å². The van der Waals surface area contributed by atoms with Gasteiger partial charge in [0.25, 0.3) is 10.0 Å². The van der Waals surface area contributed by atoms with Crippen molar-refractivity contribution >= 4 is 15.7 Å². The third-order valence-electron chi connectivity index (χ3n) is 3.32. The van der Waals surface area contributed by atoms with Crippen molar-refractivity contribution in [2.75, 3.05) is 4.72 Å². The van der Waals surface area contributed by atoms with Gasteiger partial charge in [-0.15, -0.1) is 0 Å². The van der Waals surface area contributed by atoms with Gasteiger partial charge < -0.3 is 5.73 Å². The summed E-state index contributed by atoms with van der Waals surface area (Å²) >= 11 is 0. The monoisotopic (exact) mass is 308 g/mol. The number of rotatable bonds is 4. The molecule has 0 aromatic heterocycles. The van der Waals surface area contributed by atoms with Crippen LogP contribution in [-0.2, 0) is 16.6 Å². The second-order valence-corrected chi connectivity index (χ2v) is 6.46. The van der Waals surface area contributed by atoms with Crippen molar-refractivity contribution in [1.29, 1.82) is 0 Å². The molecule has 2 aromatic rings. The molecule has 3 N–H and O–H groups in total. The zero-order valence-corrected chi connectivity index (χ0v) is 12.7. The summed E-state index contributed by atoms with van der Waals surface area (Å²) in [5.41, 5.74) is 7.69. The van der Waals surface area contributed by atoms with Gasteiger partial charge in [0.1, 0.15) is 5.82 Å². The van der Waals surface area contributed by atoms with E-state index in [0.717, 1.165) is 5.56 Å². The minimum atomic E-state index is -3.73. The Morgan fingerprint density at radius 3 is 2.52 bits per heavy atom. The summed E-state index contributed by atoms with van der Waals surface area (Å²) in [7, 11) is -3.73. The van der Waals surface area contributed by atoms with Crippen molar-refractivity contribution < 1.29 is 12.8 Å². The lowest BCUT2D eigenvalue weighted by Crippen LogP contribution is -2.15. The average molecular weight is 308 g/mol. The van der Waals surface area contributed by atoms with Crippen molar-refractivity contribution in [1.82, 2.24) is 0 Å². The van der Waals surface area contributed by atoms with Gasteiger partial charge in [0.2, 0.25) is 0 Å². The minimum Gasteiger partial charge on any atom is -0.326 e. The fourth-order valence-corrected chi connectivity index (χ4v) is 3.43. The molecule has 0 unspecified atom stereocenters. The van der Waals surface area contributed by atoms with Crippen LogP contribution in [0.1, 0.15) is 16.7 Å². The number of nitrogens with one attached hydrogen (secondary N) is 1. The smallest absolute Gasteiger partial charge is 0.262 e. The molecule has 0 bridgehead atoms. The Hall–Kier alpha value is -1.92. The summed E-state index contributed by atoms with van der Waals surface area (Å²) in [5, 5.41) is 0. The van der Waals surface area contributed by atoms with Crippen LogP contribution >= 0.6 is 0 Å².